The fraction of sp³-hybridized carbons (Fsp3) is 0.333. The lowest BCUT2D eigenvalue weighted by atomic mass is 9.98. The zero-order chi connectivity index (χ0) is 22.7. The Balaban J connectivity index is 1.43. The van der Waals surface area contributed by atoms with Gasteiger partial charge in [-0.15, -0.1) is 0 Å². The van der Waals surface area contributed by atoms with Gasteiger partial charge in [-0.2, -0.15) is 0 Å². The molecule has 1 unspecified atom stereocenters. The number of amides is 5. The quantitative estimate of drug-likeness (QED) is 0.608. The van der Waals surface area contributed by atoms with Gasteiger partial charge in [-0.1, -0.05) is 55.3 Å². The third kappa shape index (κ3) is 4.21. The number of hydrogen-bond donors (Lipinski definition) is 3. The molecule has 1 spiro atoms. The second-order valence-corrected chi connectivity index (χ2v) is 8.31. The summed E-state index contributed by atoms with van der Waals surface area (Å²) in [6.45, 7) is 1.48. The van der Waals surface area contributed by atoms with Gasteiger partial charge in [-0.05, 0) is 37.5 Å². The molecule has 1 aliphatic heterocycles. The molecule has 1 saturated heterocycles. The van der Waals surface area contributed by atoms with E-state index in [4.69, 9.17) is 0 Å². The predicted molar refractivity (Wildman–Crippen MR) is 119 cm³/mol. The number of rotatable bonds is 6. The van der Waals surface area contributed by atoms with Crippen molar-refractivity contribution in [2.45, 2.75) is 44.2 Å². The Morgan fingerprint density at radius 3 is 2.41 bits per heavy atom. The number of carbonyl (C=O) groups is 4. The van der Waals surface area contributed by atoms with Gasteiger partial charge in [0.1, 0.15) is 12.1 Å². The minimum atomic E-state index is -0.858. The molecule has 8 nitrogen and oxygen atoms in total. The van der Waals surface area contributed by atoms with E-state index in [2.05, 4.69) is 16.0 Å². The molecule has 1 saturated carbocycles. The Kier molecular flexibility index (Phi) is 5.94. The van der Waals surface area contributed by atoms with Crippen LogP contribution in [0.15, 0.2) is 54.6 Å². The molecule has 32 heavy (non-hydrogen) atoms. The molecule has 2 aromatic carbocycles. The number of urea groups is 1. The van der Waals surface area contributed by atoms with Crippen LogP contribution in [-0.2, 0) is 9.59 Å². The van der Waals surface area contributed by atoms with E-state index in [0.29, 0.717) is 24.1 Å². The van der Waals surface area contributed by atoms with Gasteiger partial charge >= 0.3 is 6.03 Å². The minimum absolute atomic E-state index is 0.221. The lowest BCUT2D eigenvalue weighted by Crippen LogP contribution is -2.44. The molecule has 0 aromatic heterocycles. The molecule has 1 aliphatic carbocycles. The van der Waals surface area contributed by atoms with Crippen LogP contribution in [0.25, 0.3) is 0 Å². The van der Waals surface area contributed by atoms with Gasteiger partial charge in [-0.3, -0.25) is 19.3 Å². The van der Waals surface area contributed by atoms with Crippen LogP contribution in [0.2, 0.25) is 0 Å². The van der Waals surface area contributed by atoms with E-state index in [1.165, 1.54) is 0 Å². The standard InChI is InChI=1S/C24H26N4O4/c1-16(17-9-3-2-4-10-17)25-21(30)18-11-5-6-12-19(18)26-20(29)15-28-22(31)24(27-23(28)32)13-7-8-14-24/h2-6,9-12,16H,7-8,13-15H2,1H3,(H,25,30)(H,26,29)(H,27,32). The first-order valence-corrected chi connectivity index (χ1v) is 10.8. The van der Waals surface area contributed by atoms with Crippen molar-refractivity contribution in [3.63, 3.8) is 0 Å². The summed E-state index contributed by atoms with van der Waals surface area (Å²) >= 11 is 0. The Morgan fingerprint density at radius 1 is 1.03 bits per heavy atom. The van der Waals surface area contributed by atoms with E-state index < -0.39 is 24.0 Å². The minimum Gasteiger partial charge on any atom is -0.345 e. The summed E-state index contributed by atoms with van der Waals surface area (Å²) in [6, 6.07) is 15.4. The van der Waals surface area contributed by atoms with Crippen molar-refractivity contribution in [1.29, 1.82) is 0 Å². The van der Waals surface area contributed by atoms with Crippen molar-refractivity contribution >= 4 is 29.4 Å². The topological polar surface area (TPSA) is 108 Å². The van der Waals surface area contributed by atoms with Crippen molar-refractivity contribution in [3.8, 4) is 0 Å². The second kappa shape index (κ2) is 8.82. The highest BCUT2D eigenvalue weighted by atomic mass is 16.2. The van der Waals surface area contributed by atoms with Gasteiger partial charge < -0.3 is 16.0 Å². The number of anilines is 1. The van der Waals surface area contributed by atoms with Crippen LogP contribution < -0.4 is 16.0 Å². The molecule has 0 radical (unpaired) electrons. The average Bonchev–Trinajstić information content (AvgIpc) is 3.35. The van der Waals surface area contributed by atoms with Crippen LogP contribution in [0.3, 0.4) is 0 Å². The van der Waals surface area contributed by atoms with Gasteiger partial charge in [0.05, 0.1) is 17.3 Å². The van der Waals surface area contributed by atoms with Gasteiger partial charge in [0.15, 0.2) is 0 Å². The monoisotopic (exact) mass is 434 g/mol. The van der Waals surface area contributed by atoms with E-state index in [1.54, 1.807) is 24.3 Å². The van der Waals surface area contributed by atoms with Crippen LogP contribution in [0.4, 0.5) is 10.5 Å². The third-order valence-corrected chi connectivity index (χ3v) is 6.10. The Bertz CT molecular complexity index is 1050. The highest BCUT2D eigenvalue weighted by Gasteiger charge is 2.52. The second-order valence-electron chi connectivity index (χ2n) is 8.31. The maximum atomic E-state index is 12.9. The van der Waals surface area contributed by atoms with E-state index in [-0.39, 0.29) is 17.9 Å². The maximum Gasteiger partial charge on any atom is 0.325 e. The molecular formula is C24H26N4O4. The van der Waals surface area contributed by atoms with Gasteiger partial charge in [0, 0.05) is 0 Å². The number of hydrogen-bond acceptors (Lipinski definition) is 4. The lowest BCUT2D eigenvalue weighted by molar-refractivity contribution is -0.133. The number of benzene rings is 2. The predicted octanol–water partition coefficient (Wildman–Crippen LogP) is 2.98. The van der Waals surface area contributed by atoms with Crippen LogP contribution in [-0.4, -0.2) is 40.7 Å². The first kappa shape index (κ1) is 21.5. The van der Waals surface area contributed by atoms with Gasteiger partial charge in [0.2, 0.25) is 5.91 Å². The highest BCUT2D eigenvalue weighted by molar-refractivity contribution is 6.11. The van der Waals surface area contributed by atoms with Crippen molar-refractivity contribution < 1.29 is 19.2 Å². The molecule has 166 valence electrons. The summed E-state index contributed by atoms with van der Waals surface area (Å²) in [6.07, 6.45) is 2.93. The number of nitrogens with one attached hydrogen (secondary N) is 3. The smallest absolute Gasteiger partial charge is 0.325 e. The van der Waals surface area contributed by atoms with Crippen molar-refractivity contribution in [3.05, 3.63) is 65.7 Å². The zero-order valence-corrected chi connectivity index (χ0v) is 17.9. The maximum absolute atomic E-state index is 12.9. The normalized spacial score (nSPS) is 17.8. The number of nitrogens with zero attached hydrogens (tertiary/aromatic N) is 1. The summed E-state index contributed by atoms with van der Waals surface area (Å²) in [5.41, 5.74) is 0.718. The lowest BCUT2D eigenvalue weighted by Gasteiger charge is -2.20. The zero-order valence-electron chi connectivity index (χ0n) is 17.9. The molecule has 2 aromatic rings. The van der Waals surface area contributed by atoms with E-state index >= 15 is 0 Å². The molecule has 5 amide bonds. The summed E-state index contributed by atoms with van der Waals surface area (Å²) < 4.78 is 0. The molecule has 3 N–H and O–H groups in total. The molecule has 8 heteroatoms. The van der Waals surface area contributed by atoms with Gasteiger partial charge in [-0.25, -0.2) is 4.79 Å². The number of carbonyl (C=O) groups excluding carboxylic acids is 4. The Morgan fingerprint density at radius 2 is 1.69 bits per heavy atom. The third-order valence-electron chi connectivity index (χ3n) is 6.10. The number of imide groups is 1. The van der Waals surface area contributed by atoms with E-state index in [0.717, 1.165) is 23.3 Å². The Hall–Kier alpha value is -3.68. The summed E-state index contributed by atoms with van der Waals surface area (Å²) in [7, 11) is 0. The average molecular weight is 434 g/mol. The summed E-state index contributed by atoms with van der Waals surface area (Å²) in [5, 5.41) is 8.36. The molecule has 2 fully saturated rings. The van der Waals surface area contributed by atoms with E-state index in [1.807, 2.05) is 37.3 Å². The van der Waals surface area contributed by atoms with Crippen molar-refractivity contribution in [1.82, 2.24) is 15.5 Å². The van der Waals surface area contributed by atoms with Crippen LogP contribution >= 0.6 is 0 Å². The molecule has 1 atom stereocenters. The largest absolute Gasteiger partial charge is 0.345 e. The molecule has 4 rings (SSSR count). The summed E-state index contributed by atoms with van der Waals surface area (Å²) in [5.74, 6) is -1.23. The Labute approximate surface area is 186 Å². The SMILES string of the molecule is CC(NC(=O)c1ccccc1NC(=O)CN1C(=O)NC2(CCCC2)C1=O)c1ccccc1. The fourth-order valence-electron chi connectivity index (χ4n) is 4.36. The van der Waals surface area contributed by atoms with E-state index in [9.17, 15) is 19.2 Å². The fourth-order valence-corrected chi connectivity index (χ4v) is 4.36. The molecular weight excluding hydrogens is 408 g/mol. The van der Waals surface area contributed by atoms with Crippen LogP contribution in [0.1, 0.15) is 54.6 Å². The van der Waals surface area contributed by atoms with Crippen molar-refractivity contribution in [2.24, 2.45) is 0 Å². The molecule has 1 heterocycles. The first-order valence-electron chi connectivity index (χ1n) is 10.8. The van der Waals surface area contributed by atoms with Gasteiger partial charge in [0.25, 0.3) is 11.8 Å². The van der Waals surface area contributed by atoms with Crippen molar-refractivity contribution in [2.75, 3.05) is 11.9 Å². The number of para-hydroxylation sites is 1. The molecule has 0 bridgehead atoms. The molecule has 2 aliphatic rings. The summed E-state index contributed by atoms with van der Waals surface area (Å²) in [4.78, 5) is 51.6. The highest BCUT2D eigenvalue weighted by Crippen LogP contribution is 2.35. The van der Waals surface area contributed by atoms with Crippen LogP contribution in [0, 0.1) is 0 Å². The van der Waals surface area contributed by atoms with Crippen LogP contribution in [0.5, 0.6) is 0 Å². The first-order chi connectivity index (χ1) is 15.4.